The molecule has 134 valence electrons. The first-order chi connectivity index (χ1) is 11.5. The standard InChI is InChI=1S/C18H26F3N3/c19-18(20,21)15-8-10-24(11-9-15)17-7-6-16(13-23-17)22-12-14-4-2-1-3-5-14/h6-7,13-15,22H,1-5,8-12H2. The van der Waals surface area contributed by atoms with Gasteiger partial charge in [0, 0.05) is 19.6 Å². The van der Waals surface area contributed by atoms with E-state index >= 15 is 0 Å². The van der Waals surface area contributed by atoms with Gasteiger partial charge in [0.1, 0.15) is 5.82 Å². The topological polar surface area (TPSA) is 28.2 Å². The van der Waals surface area contributed by atoms with Crippen molar-refractivity contribution < 1.29 is 13.2 Å². The monoisotopic (exact) mass is 341 g/mol. The fourth-order valence-electron chi connectivity index (χ4n) is 3.77. The summed E-state index contributed by atoms with van der Waals surface area (Å²) in [5.74, 6) is 0.365. The van der Waals surface area contributed by atoms with Gasteiger partial charge in [-0.2, -0.15) is 13.2 Å². The SMILES string of the molecule is FC(F)(F)C1CCN(c2ccc(NCC3CCCCC3)cn2)CC1. The lowest BCUT2D eigenvalue weighted by atomic mass is 9.89. The predicted octanol–water partition coefficient (Wildman–Crippen LogP) is 4.85. The van der Waals surface area contributed by atoms with E-state index in [1.807, 2.05) is 17.0 Å². The van der Waals surface area contributed by atoms with Crippen molar-refractivity contribution in [2.45, 2.75) is 51.1 Å². The van der Waals surface area contributed by atoms with Crippen LogP contribution in [0.2, 0.25) is 0 Å². The number of hydrogen-bond donors (Lipinski definition) is 1. The van der Waals surface area contributed by atoms with E-state index < -0.39 is 12.1 Å². The van der Waals surface area contributed by atoms with Crippen molar-refractivity contribution in [1.82, 2.24) is 4.98 Å². The number of pyridine rings is 1. The molecule has 1 saturated carbocycles. The molecule has 0 aromatic carbocycles. The van der Waals surface area contributed by atoms with Crippen LogP contribution in [0, 0.1) is 11.8 Å². The lowest BCUT2D eigenvalue weighted by Crippen LogP contribution is -2.39. The Morgan fingerprint density at radius 3 is 2.33 bits per heavy atom. The first-order valence-electron chi connectivity index (χ1n) is 9.04. The van der Waals surface area contributed by atoms with Gasteiger partial charge in [0.2, 0.25) is 0 Å². The van der Waals surface area contributed by atoms with Crippen LogP contribution in [0.1, 0.15) is 44.9 Å². The Morgan fingerprint density at radius 2 is 1.75 bits per heavy atom. The zero-order valence-corrected chi connectivity index (χ0v) is 14.0. The number of anilines is 2. The van der Waals surface area contributed by atoms with E-state index in [0.717, 1.165) is 24.0 Å². The van der Waals surface area contributed by atoms with Crippen molar-refractivity contribution in [3.8, 4) is 0 Å². The van der Waals surface area contributed by atoms with Gasteiger partial charge >= 0.3 is 6.18 Å². The van der Waals surface area contributed by atoms with Crippen LogP contribution in [-0.4, -0.2) is 30.8 Å². The summed E-state index contributed by atoms with van der Waals surface area (Å²) >= 11 is 0. The van der Waals surface area contributed by atoms with Gasteiger partial charge in [0.15, 0.2) is 0 Å². The average molecular weight is 341 g/mol. The molecule has 1 aromatic heterocycles. The third-order valence-corrected chi connectivity index (χ3v) is 5.35. The molecule has 0 radical (unpaired) electrons. The minimum absolute atomic E-state index is 0.160. The normalized spacial score (nSPS) is 21.0. The number of piperidine rings is 1. The molecule has 0 unspecified atom stereocenters. The van der Waals surface area contributed by atoms with Gasteiger partial charge in [-0.3, -0.25) is 0 Å². The summed E-state index contributed by atoms with van der Waals surface area (Å²) in [6, 6.07) is 3.90. The average Bonchev–Trinajstić information content (AvgIpc) is 2.61. The lowest BCUT2D eigenvalue weighted by Gasteiger charge is -2.33. The van der Waals surface area contributed by atoms with Crippen LogP contribution in [0.5, 0.6) is 0 Å². The minimum Gasteiger partial charge on any atom is -0.384 e. The summed E-state index contributed by atoms with van der Waals surface area (Å²) in [6.07, 6.45) is 4.67. The van der Waals surface area contributed by atoms with E-state index in [4.69, 9.17) is 0 Å². The molecule has 6 heteroatoms. The maximum atomic E-state index is 12.7. The Morgan fingerprint density at radius 1 is 1.04 bits per heavy atom. The molecule has 2 fully saturated rings. The van der Waals surface area contributed by atoms with Crippen molar-refractivity contribution in [2.75, 3.05) is 29.9 Å². The smallest absolute Gasteiger partial charge is 0.384 e. The third-order valence-electron chi connectivity index (χ3n) is 5.35. The second-order valence-corrected chi connectivity index (χ2v) is 7.09. The van der Waals surface area contributed by atoms with Gasteiger partial charge in [-0.15, -0.1) is 0 Å². The second kappa shape index (κ2) is 7.62. The number of alkyl halides is 3. The predicted molar refractivity (Wildman–Crippen MR) is 90.3 cm³/mol. The van der Waals surface area contributed by atoms with E-state index in [-0.39, 0.29) is 12.8 Å². The van der Waals surface area contributed by atoms with Crippen molar-refractivity contribution in [3.63, 3.8) is 0 Å². The van der Waals surface area contributed by atoms with E-state index in [0.29, 0.717) is 13.1 Å². The van der Waals surface area contributed by atoms with Gasteiger partial charge in [-0.05, 0) is 43.7 Å². The van der Waals surface area contributed by atoms with Gasteiger partial charge in [0.25, 0.3) is 0 Å². The third kappa shape index (κ3) is 4.54. The summed E-state index contributed by atoms with van der Waals surface area (Å²) in [5, 5.41) is 3.44. The molecule has 0 amide bonds. The number of nitrogens with zero attached hydrogens (tertiary/aromatic N) is 2. The molecule has 2 aliphatic rings. The quantitative estimate of drug-likeness (QED) is 0.848. The lowest BCUT2D eigenvalue weighted by molar-refractivity contribution is -0.179. The van der Waals surface area contributed by atoms with Crippen LogP contribution < -0.4 is 10.2 Å². The molecule has 0 atom stereocenters. The number of aromatic nitrogens is 1. The summed E-state index contributed by atoms with van der Waals surface area (Å²) < 4.78 is 38.2. The highest BCUT2D eigenvalue weighted by Crippen LogP contribution is 2.35. The van der Waals surface area contributed by atoms with Crippen LogP contribution in [0.4, 0.5) is 24.7 Å². The summed E-state index contributed by atoms with van der Waals surface area (Å²) in [6.45, 7) is 1.83. The molecule has 1 aliphatic heterocycles. The first kappa shape index (κ1) is 17.4. The Kier molecular flexibility index (Phi) is 5.51. The zero-order chi connectivity index (χ0) is 17.0. The molecule has 0 spiro atoms. The van der Waals surface area contributed by atoms with Crippen LogP contribution in [0.15, 0.2) is 18.3 Å². The summed E-state index contributed by atoms with van der Waals surface area (Å²) in [4.78, 5) is 6.39. The maximum absolute atomic E-state index is 12.7. The second-order valence-electron chi connectivity index (χ2n) is 7.09. The van der Waals surface area contributed by atoms with E-state index in [1.165, 1.54) is 32.1 Å². The maximum Gasteiger partial charge on any atom is 0.391 e. The molecule has 3 nitrogen and oxygen atoms in total. The van der Waals surface area contributed by atoms with Crippen molar-refractivity contribution in [3.05, 3.63) is 18.3 Å². The van der Waals surface area contributed by atoms with Gasteiger partial charge in [0.05, 0.1) is 17.8 Å². The Balaban J connectivity index is 1.48. The zero-order valence-electron chi connectivity index (χ0n) is 14.0. The Bertz CT molecular complexity index is 501. The molecular weight excluding hydrogens is 315 g/mol. The van der Waals surface area contributed by atoms with Crippen molar-refractivity contribution in [1.29, 1.82) is 0 Å². The van der Waals surface area contributed by atoms with E-state index in [1.54, 1.807) is 6.20 Å². The fraction of sp³-hybridized carbons (Fsp3) is 0.722. The largest absolute Gasteiger partial charge is 0.391 e. The van der Waals surface area contributed by atoms with Crippen LogP contribution in [0.3, 0.4) is 0 Å². The molecule has 3 rings (SSSR count). The molecule has 1 N–H and O–H groups in total. The highest BCUT2D eigenvalue weighted by molar-refractivity contribution is 5.48. The fourth-order valence-corrected chi connectivity index (χ4v) is 3.77. The summed E-state index contributed by atoms with van der Waals surface area (Å²) in [5.41, 5.74) is 0.995. The number of nitrogens with one attached hydrogen (secondary N) is 1. The van der Waals surface area contributed by atoms with E-state index in [2.05, 4.69) is 10.3 Å². The number of rotatable bonds is 4. The van der Waals surface area contributed by atoms with Gasteiger partial charge in [-0.25, -0.2) is 4.98 Å². The molecular formula is C18H26F3N3. The van der Waals surface area contributed by atoms with Crippen molar-refractivity contribution >= 4 is 11.5 Å². The molecule has 1 aliphatic carbocycles. The van der Waals surface area contributed by atoms with E-state index in [9.17, 15) is 13.2 Å². The molecule has 24 heavy (non-hydrogen) atoms. The molecule has 1 saturated heterocycles. The first-order valence-corrected chi connectivity index (χ1v) is 9.04. The van der Waals surface area contributed by atoms with Gasteiger partial charge < -0.3 is 10.2 Å². The van der Waals surface area contributed by atoms with Crippen LogP contribution in [0.25, 0.3) is 0 Å². The highest BCUT2D eigenvalue weighted by Gasteiger charge is 2.41. The number of halogens is 3. The minimum atomic E-state index is -4.06. The Hall–Kier alpha value is -1.46. The Labute approximate surface area is 141 Å². The highest BCUT2D eigenvalue weighted by atomic mass is 19.4. The molecule has 2 heterocycles. The van der Waals surface area contributed by atoms with Crippen molar-refractivity contribution in [2.24, 2.45) is 11.8 Å². The summed E-state index contributed by atoms with van der Waals surface area (Å²) in [7, 11) is 0. The van der Waals surface area contributed by atoms with Crippen LogP contribution >= 0.6 is 0 Å². The van der Waals surface area contributed by atoms with Crippen LogP contribution in [-0.2, 0) is 0 Å². The molecule has 1 aromatic rings. The number of hydrogen-bond acceptors (Lipinski definition) is 3. The van der Waals surface area contributed by atoms with Gasteiger partial charge in [-0.1, -0.05) is 19.3 Å². The molecule has 0 bridgehead atoms.